The van der Waals surface area contributed by atoms with E-state index < -0.39 is 17.7 Å². The molecular formula is C30H31NO5. The highest BCUT2D eigenvalue weighted by Gasteiger charge is 2.48. The van der Waals surface area contributed by atoms with Gasteiger partial charge in [0.1, 0.15) is 17.3 Å². The lowest BCUT2D eigenvalue weighted by Gasteiger charge is -2.27. The Morgan fingerprint density at radius 2 is 1.64 bits per heavy atom. The van der Waals surface area contributed by atoms with Gasteiger partial charge in [-0.1, -0.05) is 50.2 Å². The van der Waals surface area contributed by atoms with Gasteiger partial charge in [0, 0.05) is 16.8 Å². The summed E-state index contributed by atoms with van der Waals surface area (Å²) in [7, 11) is 1.54. The molecule has 0 radical (unpaired) electrons. The van der Waals surface area contributed by atoms with E-state index in [1.165, 1.54) is 12.0 Å². The summed E-state index contributed by atoms with van der Waals surface area (Å²) < 4.78 is 11.4. The molecule has 0 spiro atoms. The maximum absolute atomic E-state index is 13.5. The molecule has 0 aliphatic carbocycles. The number of ether oxygens (including phenoxy) is 2. The number of aryl methyl sites for hydroxylation is 2. The molecule has 1 atom stereocenters. The fraction of sp³-hybridized carbons (Fsp3) is 0.267. The molecule has 1 fully saturated rings. The van der Waals surface area contributed by atoms with Crippen molar-refractivity contribution in [3.05, 3.63) is 94.6 Å². The summed E-state index contributed by atoms with van der Waals surface area (Å²) >= 11 is 0. The Hall–Kier alpha value is -4.06. The van der Waals surface area contributed by atoms with E-state index in [-0.39, 0.29) is 11.3 Å². The number of aliphatic hydroxyl groups excluding tert-OH is 1. The third-order valence-corrected chi connectivity index (χ3v) is 6.27. The van der Waals surface area contributed by atoms with E-state index >= 15 is 0 Å². The van der Waals surface area contributed by atoms with Gasteiger partial charge in [0.05, 0.1) is 25.3 Å². The monoisotopic (exact) mass is 485 g/mol. The average molecular weight is 486 g/mol. The zero-order valence-electron chi connectivity index (χ0n) is 21.2. The van der Waals surface area contributed by atoms with Crippen molar-refractivity contribution in [1.82, 2.24) is 0 Å². The lowest BCUT2D eigenvalue weighted by atomic mass is 9.93. The molecule has 3 aromatic rings. The topological polar surface area (TPSA) is 76.1 Å². The first-order chi connectivity index (χ1) is 17.2. The van der Waals surface area contributed by atoms with Crippen molar-refractivity contribution >= 4 is 23.1 Å². The number of carbonyl (C=O) groups excluding carboxylic acids is 2. The van der Waals surface area contributed by atoms with Crippen LogP contribution in [-0.4, -0.2) is 30.5 Å². The Bertz CT molecular complexity index is 1340. The quantitative estimate of drug-likeness (QED) is 0.253. The predicted molar refractivity (Wildman–Crippen MR) is 140 cm³/mol. The van der Waals surface area contributed by atoms with Gasteiger partial charge in [-0.3, -0.25) is 14.5 Å². The first kappa shape index (κ1) is 25.0. The number of para-hydroxylation sites is 2. The summed E-state index contributed by atoms with van der Waals surface area (Å²) in [4.78, 5) is 28.3. The Morgan fingerprint density at radius 3 is 2.31 bits per heavy atom. The number of rotatable bonds is 7. The summed E-state index contributed by atoms with van der Waals surface area (Å²) in [6, 6.07) is 19.0. The number of amides is 1. The molecule has 1 aliphatic rings. The third kappa shape index (κ3) is 4.59. The van der Waals surface area contributed by atoms with Crippen molar-refractivity contribution in [3.8, 4) is 11.5 Å². The van der Waals surface area contributed by atoms with Crippen molar-refractivity contribution in [2.45, 2.75) is 33.7 Å². The molecule has 1 amide bonds. The van der Waals surface area contributed by atoms with E-state index in [1.807, 2.05) is 50.2 Å². The maximum Gasteiger partial charge on any atom is 0.300 e. The van der Waals surface area contributed by atoms with Crippen LogP contribution in [0.5, 0.6) is 11.5 Å². The van der Waals surface area contributed by atoms with Crippen molar-refractivity contribution in [2.24, 2.45) is 5.92 Å². The number of methoxy groups -OCH3 is 1. The number of aliphatic hydroxyl groups is 1. The van der Waals surface area contributed by atoms with Crippen molar-refractivity contribution in [2.75, 3.05) is 18.6 Å². The largest absolute Gasteiger partial charge is 0.507 e. The summed E-state index contributed by atoms with van der Waals surface area (Å²) in [6.07, 6.45) is 0. The van der Waals surface area contributed by atoms with Crippen LogP contribution in [0.4, 0.5) is 5.69 Å². The van der Waals surface area contributed by atoms with E-state index in [0.717, 1.165) is 11.1 Å². The second kappa shape index (κ2) is 10.3. The van der Waals surface area contributed by atoms with Gasteiger partial charge in [0.15, 0.2) is 0 Å². The van der Waals surface area contributed by atoms with Gasteiger partial charge in [-0.15, -0.1) is 0 Å². The van der Waals surface area contributed by atoms with E-state index in [2.05, 4.69) is 13.8 Å². The minimum Gasteiger partial charge on any atom is -0.507 e. The van der Waals surface area contributed by atoms with Gasteiger partial charge in [-0.25, -0.2) is 0 Å². The van der Waals surface area contributed by atoms with Crippen LogP contribution in [0.1, 0.15) is 42.1 Å². The highest BCUT2D eigenvalue weighted by atomic mass is 16.5. The van der Waals surface area contributed by atoms with Crippen molar-refractivity contribution in [1.29, 1.82) is 0 Å². The Kier molecular flexibility index (Phi) is 7.15. The fourth-order valence-corrected chi connectivity index (χ4v) is 4.47. The fourth-order valence-electron chi connectivity index (χ4n) is 4.47. The van der Waals surface area contributed by atoms with Crippen LogP contribution in [0.3, 0.4) is 0 Å². The minimum absolute atomic E-state index is 0.0167. The molecule has 1 heterocycles. The molecule has 1 aliphatic heterocycles. The molecule has 1 unspecified atom stereocenters. The van der Waals surface area contributed by atoms with Crippen LogP contribution < -0.4 is 14.4 Å². The summed E-state index contributed by atoms with van der Waals surface area (Å²) in [5.41, 5.74) is 3.32. The summed E-state index contributed by atoms with van der Waals surface area (Å²) in [6.45, 7) is 8.48. The summed E-state index contributed by atoms with van der Waals surface area (Å²) in [5.74, 6) is -0.0844. The highest BCUT2D eigenvalue weighted by Crippen LogP contribution is 2.45. The van der Waals surface area contributed by atoms with Crippen LogP contribution in [0, 0.1) is 19.8 Å². The first-order valence-corrected chi connectivity index (χ1v) is 12.0. The van der Waals surface area contributed by atoms with Gasteiger partial charge >= 0.3 is 0 Å². The normalized spacial score (nSPS) is 17.1. The predicted octanol–water partition coefficient (Wildman–Crippen LogP) is 5.97. The number of Topliss-reactive ketones (excluding diaryl/α,β-unsaturated/α-hetero) is 1. The Morgan fingerprint density at radius 1 is 0.944 bits per heavy atom. The number of ketones is 1. The molecule has 6 heteroatoms. The van der Waals surface area contributed by atoms with Gasteiger partial charge in [-0.05, 0) is 61.2 Å². The van der Waals surface area contributed by atoms with Gasteiger partial charge < -0.3 is 14.6 Å². The first-order valence-electron chi connectivity index (χ1n) is 12.0. The van der Waals surface area contributed by atoms with Gasteiger partial charge in [0.2, 0.25) is 0 Å². The Labute approximate surface area is 211 Å². The van der Waals surface area contributed by atoms with Gasteiger partial charge in [-0.2, -0.15) is 0 Å². The van der Waals surface area contributed by atoms with Crippen molar-refractivity contribution in [3.63, 3.8) is 0 Å². The van der Waals surface area contributed by atoms with Crippen LogP contribution in [0.15, 0.2) is 72.3 Å². The lowest BCUT2D eigenvalue weighted by Crippen LogP contribution is -2.30. The maximum atomic E-state index is 13.5. The third-order valence-electron chi connectivity index (χ3n) is 6.27. The number of benzene rings is 3. The molecule has 0 saturated carbocycles. The molecular weight excluding hydrogens is 454 g/mol. The number of anilines is 1. The zero-order valence-corrected chi connectivity index (χ0v) is 21.2. The zero-order chi connectivity index (χ0) is 26.0. The van der Waals surface area contributed by atoms with Crippen LogP contribution in [0.25, 0.3) is 5.76 Å². The standard InChI is InChI=1S/C30H31NO5/c1-18(2)17-36-24-15-14-21(16-20(24)4)28(32)26-27(22-11-7-9-13-25(22)35-5)31(30(34)29(26)33)23-12-8-6-10-19(23)3/h6-16,18,27,32H,17H2,1-5H3/b28-26+. The average Bonchev–Trinajstić information content (AvgIpc) is 3.13. The number of carbonyl (C=O) groups is 2. The Balaban J connectivity index is 1.90. The van der Waals surface area contributed by atoms with Crippen LogP contribution in [-0.2, 0) is 9.59 Å². The SMILES string of the molecule is COc1ccccc1C1/C(=C(\O)c2ccc(OCC(C)C)c(C)c2)C(=O)C(=O)N1c1ccccc1C. The molecule has 1 saturated heterocycles. The molecule has 1 N–H and O–H groups in total. The second-order valence-electron chi connectivity index (χ2n) is 9.38. The smallest absolute Gasteiger partial charge is 0.300 e. The van der Waals surface area contributed by atoms with Crippen molar-refractivity contribution < 1.29 is 24.2 Å². The number of hydrogen-bond donors (Lipinski definition) is 1. The van der Waals surface area contributed by atoms with Crippen LogP contribution in [0.2, 0.25) is 0 Å². The van der Waals surface area contributed by atoms with E-state index in [4.69, 9.17) is 9.47 Å². The number of hydrogen-bond acceptors (Lipinski definition) is 5. The van der Waals surface area contributed by atoms with E-state index in [9.17, 15) is 14.7 Å². The minimum atomic E-state index is -0.862. The molecule has 3 aromatic carbocycles. The van der Waals surface area contributed by atoms with E-state index in [0.29, 0.717) is 40.8 Å². The van der Waals surface area contributed by atoms with Crippen LogP contribution >= 0.6 is 0 Å². The van der Waals surface area contributed by atoms with E-state index in [1.54, 1.807) is 30.3 Å². The molecule has 186 valence electrons. The lowest BCUT2D eigenvalue weighted by molar-refractivity contribution is -0.132. The van der Waals surface area contributed by atoms with Gasteiger partial charge in [0.25, 0.3) is 11.7 Å². The number of nitrogens with zero attached hydrogens (tertiary/aromatic N) is 1. The molecule has 6 nitrogen and oxygen atoms in total. The molecule has 36 heavy (non-hydrogen) atoms. The highest BCUT2D eigenvalue weighted by molar-refractivity contribution is 6.51. The molecule has 0 bridgehead atoms. The molecule has 0 aromatic heterocycles. The molecule has 4 rings (SSSR count). The summed E-state index contributed by atoms with van der Waals surface area (Å²) in [5, 5.41) is 11.5. The second-order valence-corrected chi connectivity index (χ2v) is 9.38.